The lowest BCUT2D eigenvalue weighted by atomic mass is 9.44. The van der Waals surface area contributed by atoms with Crippen LogP contribution in [0.3, 0.4) is 0 Å². The number of allylic oxidation sites excluding steroid dienone is 1. The lowest BCUT2D eigenvalue weighted by Gasteiger charge is -2.64. The molecule has 6 fully saturated rings. The van der Waals surface area contributed by atoms with Crippen molar-refractivity contribution in [1.29, 1.82) is 0 Å². The molecule has 0 amide bonds. The van der Waals surface area contributed by atoms with Crippen LogP contribution in [0.2, 0.25) is 0 Å². The van der Waals surface area contributed by atoms with E-state index in [-0.39, 0.29) is 29.8 Å². The van der Waals surface area contributed by atoms with Crippen molar-refractivity contribution in [2.75, 3.05) is 14.2 Å². The first-order valence-electron chi connectivity index (χ1n) is 20.7. The third-order valence-corrected chi connectivity index (χ3v) is 15.4. The Hall–Kier alpha value is -1.15. The zero-order chi connectivity index (χ0) is 40.6. The number of aliphatic hydroxyl groups is 6. The van der Waals surface area contributed by atoms with Crippen molar-refractivity contribution in [3.8, 4) is 0 Å². The van der Waals surface area contributed by atoms with Crippen molar-refractivity contribution in [2.45, 2.75) is 197 Å². The average molecular weight is 799 g/mol. The molecule has 0 aromatic rings. The van der Waals surface area contributed by atoms with Gasteiger partial charge in [-0.25, -0.2) is 0 Å². The first kappa shape index (κ1) is 43.0. The number of Topliss-reactive ketones (excluding diaryl/α,β-unsaturated/α-hetero) is 1. The predicted molar refractivity (Wildman–Crippen MR) is 197 cm³/mol. The van der Waals surface area contributed by atoms with Crippen molar-refractivity contribution in [1.82, 2.24) is 0 Å². The Balaban J connectivity index is 0.963. The molecule has 3 saturated heterocycles. The van der Waals surface area contributed by atoms with Crippen LogP contribution in [0.5, 0.6) is 0 Å². The number of fused-ring (bicyclic) bond motifs is 5. The van der Waals surface area contributed by atoms with Gasteiger partial charge in [-0.15, -0.1) is 0 Å². The molecule has 0 aromatic carbocycles. The van der Waals surface area contributed by atoms with E-state index in [0.717, 1.165) is 5.57 Å². The molecule has 7 rings (SSSR count). The second-order valence-corrected chi connectivity index (χ2v) is 18.3. The number of carbonyl (C=O) groups excluding carboxylic acids is 1. The molecule has 0 aromatic heterocycles. The molecule has 0 unspecified atom stereocenters. The van der Waals surface area contributed by atoms with Gasteiger partial charge in [-0.05, 0) is 77.6 Å². The standard InChI is InChI=1S/C41H66O15/c1-18(42)24-12-14-41(48)25-10-9-22-15-23(11-13-39(22,5)30(25)32(44)37(47)40(24,41)6)54-28-16-26(49-7)35(20(3)51-28)55-29-17-27(50-8)36(21(4)52-29)56-38-34(46)33(45)31(43)19(2)53-38/h9,19-21,23-38,43-48H,10-17H2,1-8H3/t19-,20-,21+,23+,24-,25-,26-,27+,28+,29-,30-,31+,32+,33+,34-,35+,36-,37-,38+,39+,40+,41+/m1/s1. The van der Waals surface area contributed by atoms with E-state index in [0.29, 0.717) is 51.4 Å². The minimum atomic E-state index is -1.46. The maximum Gasteiger partial charge on any atom is 0.187 e. The first-order valence-corrected chi connectivity index (χ1v) is 20.7. The SMILES string of the molecule is CO[C@H]1C[C@@H](O[C@H]2[C@@H](C)O[C@@H](O[C@H]3CC[C@@]4(C)C(=CC[C@@H]5[C@@H]4[C@H](O)[C@@H](O)[C@]4(C)[C@@H](C(C)=O)CC[C@]54O)C3)C[C@H]2OC)O[C@@H](C)[C@H]1O[C@@H]1O[C@H](C)[C@H](O)[C@H](O)[C@H]1O. The van der Waals surface area contributed by atoms with Gasteiger partial charge in [-0.3, -0.25) is 4.79 Å². The van der Waals surface area contributed by atoms with Crippen molar-refractivity contribution in [2.24, 2.45) is 28.6 Å². The molecule has 6 N–H and O–H groups in total. The quantitative estimate of drug-likeness (QED) is 0.183. The number of hydrogen-bond acceptors (Lipinski definition) is 15. The van der Waals surface area contributed by atoms with E-state index in [1.807, 2.05) is 6.92 Å². The number of methoxy groups -OCH3 is 2. The van der Waals surface area contributed by atoms with Crippen LogP contribution < -0.4 is 0 Å². The minimum absolute atomic E-state index is 0.0547. The number of rotatable bonds is 9. The Bertz CT molecular complexity index is 1450. The molecule has 3 saturated carbocycles. The Kier molecular flexibility index (Phi) is 12.3. The number of carbonyl (C=O) groups is 1. The Labute approximate surface area is 329 Å². The molecule has 15 nitrogen and oxygen atoms in total. The van der Waals surface area contributed by atoms with Crippen LogP contribution in [0.4, 0.5) is 0 Å². The second kappa shape index (κ2) is 16.0. The molecular formula is C41H66O15. The Morgan fingerprint density at radius 2 is 1.38 bits per heavy atom. The zero-order valence-electron chi connectivity index (χ0n) is 34.1. The van der Waals surface area contributed by atoms with Gasteiger partial charge in [-0.2, -0.15) is 0 Å². The number of aliphatic hydroxyl groups excluding tert-OH is 5. The zero-order valence-corrected chi connectivity index (χ0v) is 34.1. The first-order chi connectivity index (χ1) is 26.4. The minimum Gasteiger partial charge on any atom is -0.390 e. The van der Waals surface area contributed by atoms with E-state index in [4.69, 9.17) is 37.9 Å². The van der Waals surface area contributed by atoms with Crippen LogP contribution >= 0.6 is 0 Å². The third-order valence-electron chi connectivity index (χ3n) is 15.4. The molecule has 0 bridgehead atoms. The van der Waals surface area contributed by atoms with Crippen LogP contribution in [-0.2, 0) is 42.7 Å². The maximum absolute atomic E-state index is 12.7. The number of hydrogen-bond donors (Lipinski definition) is 6. The molecule has 7 aliphatic rings. The van der Waals surface area contributed by atoms with Gasteiger partial charge < -0.3 is 68.5 Å². The van der Waals surface area contributed by atoms with Gasteiger partial charge in [0, 0.05) is 44.3 Å². The summed E-state index contributed by atoms with van der Waals surface area (Å²) in [5.41, 5.74) is -1.65. The van der Waals surface area contributed by atoms with Gasteiger partial charge in [0.05, 0.1) is 54.4 Å². The number of ketones is 1. The summed E-state index contributed by atoms with van der Waals surface area (Å²) in [6, 6.07) is 0. The lowest BCUT2D eigenvalue weighted by Crippen LogP contribution is -2.71. The molecule has 4 aliphatic carbocycles. The summed E-state index contributed by atoms with van der Waals surface area (Å²) >= 11 is 0. The van der Waals surface area contributed by atoms with Crippen molar-refractivity contribution >= 4 is 5.78 Å². The van der Waals surface area contributed by atoms with Gasteiger partial charge in [-0.1, -0.05) is 25.5 Å². The summed E-state index contributed by atoms with van der Waals surface area (Å²) in [7, 11) is 3.18. The normalized spacial score (nSPS) is 54.8. The summed E-state index contributed by atoms with van der Waals surface area (Å²) < 4.78 is 49.3. The Morgan fingerprint density at radius 3 is 1.98 bits per heavy atom. The predicted octanol–water partition coefficient (Wildman–Crippen LogP) is 1.49. The van der Waals surface area contributed by atoms with Crippen LogP contribution in [0.25, 0.3) is 0 Å². The second-order valence-electron chi connectivity index (χ2n) is 18.3. The molecule has 15 heteroatoms. The van der Waals surface area contributed by atoms with Crippen LogP contribution in [0, 0.1) is 28.6 Å². The van der Waals surface area contributed by atoms with E-state index in [2.05, 4.69) is 13.0 Å². The van der Waals surface area contributed by atoms with Crippen molar-refractivity contribution in [3.63, 3.8) is 0 Å². The third kappa shape index (κ3) is 6.96. The summed E-state index contributed by atoms with van der Waals surface area (Å²) in [4.78, 5) is 12.7. The summed E-state index contributed by atoms with van der Waals surface area (Å²) in [6.45, 7) is 10.8. The molecule has 0 radical (unpaired) electrons. The highest BCUT2D eigenvalue weighted by Crippen LogP contribution is 2.68. The van der Waals surface area contributed by atoms with Gasteiger partial charge in [0.2, 0.25) is 0 Å². The smallest absolute Gasteiger partial charge is 0.187 e. The van der Waals surface area contributed by atoms with E-state index in [1.165, 1.54) is 6.92 Å². The highest BCUT2D eigenvalue weighted by atomic mass is 16.7. The molecule has 3 aliphatic heterocycles. The molecule has 320 valence electrons. The van der Waals surface area contributed by atoms with E-state index < -0.39 is 108 Å². The topological polar surface area (TPSA) is 212 Å². The summed E-state index contributed by atoms with van der Waals surface area (Å²) in [5, 5.41) is 66.6. The Morgan fingerprint density at radius 1 is 0.768 bits per heavy atom. The fraction of sp³-hybridized carbons (Fsp3) is 0.927. The molecule has 3 heterocycles. The molecule has 56 heavy (non-hydrogen) atoms. The monoisotopic (exact) mass is 798 g/mol. The highest BCUT2D eigenvalue weighted by molar-refractivity contribution is 5.80. The van der Waals surface area contributed by atoms with Gasteiger partial charge in [0.15, 0.2) is 18.9 Å². The summed E-state index contributed by atoms with van der Waals surface area (Å²) in [5.74, 6) is -1.18. The fourth-order valence-corrected chi connectivity index (χ4v) is 12.1. The van der Waals surface area contributed by atoms with Crippen LogP contribution in [0.15, 0.2) is 11.6 Å². The molecular weight excluding hydrogens is 732 g/mol. The van der Waals surface area contributed by atoms with E-state index in [9.17, 15) is 35.4 Å². The average Bonchev–Trinajstić information content (AvgIpc) is 3.45. The van der Waals surface area contributed by atoms with Crippen molar-refractivity contribution < 1.29 is 73.3 Å². The van der Waals surface area contributed by atoms with Crippen LogP contribution in [0.1, 0.15) is 92.9 Å². The molecule has 0 spiro atoms. The highest BCUT2D eigenvalue weighted by Gasteiger charge is 2.73. The lowest BCUT2D eigenvalue weighted by molar-refractivity contribution is -0.351. The van der Waals surface area contributed by atoms with E-state index >= 15 is 0 Å². The number of ether oxygens (including phenoxy) is 8. The van der Waals surface area contributed by atoms with Crippen molar-refractivity contribution in [3.05, 3.63) is 11.6 Å². The van der Waals surface area contributed by atoms with Gasteiger partial charge in [0.1, 0.15) is 36.3 Å². The summed E-state index contributed by atoms with van der Waals surface area (Å²) in [6.07, 6.45) is -6.28. The largest absolute Gasteiger partial charge is 0.390 e. The maximum atomic E-state index is 12.7. The van der Waals surface area contributed by atoms with E-state index in [1.54, 1.807) is 35.0 Å². The van der Waals surface area contributed by atoms with Gasteiger partial charge in [0.25, 0.3) is 0 Å². The fourth-order valence-electron chi connectivity index (χ4n) is 12.1. The van der Waals surface area contributed by atoms with Crippen LogP contribution in [-0.4, -0.2) is 154 Å². The molecule has 22 atom stereocenters. The van der Waals surface area contributed by atoms with Gasteiger partial charge >= 0.3 is 0 Å².